The van der Waals surface area contributed by atoms with Crippen molar-refractivity contribution in [3.05, 3.63) is 0 Å². The largest absolute Gasteiger partial charge is 0.472 e. The molecule has 0 aromatic rings. The zero-order valence-electron chi connectivity index (χ0n) is 11.6. The van der Waals surface area contributed by atoms with E-state index in [1.54, 1.807) is 0 Å². The van der Waals surface area contributed by atoms with E-state index in [9.17, 15) is 14.2 Å². The molecule has 4 atom stereocenters. The van der Waals surface area contributed by atoms with Gasteiger partial charge in [-0.25, -0.2) is 4.57 Å². The summed E-state index contributed by atoms with van der Waals surface area (Å²) in [6.07, 6.45) is -4.92. The molecule has 1 heterocycles. The lowest BCUT2D eigenvalue weighted by molar-refractivity contribution is -0.172. The standard InChI is InChI=1S/C10H17O10P/c1-5(11)17-8-7(4-16-3)19-10(20-21(13,14)15)9(8)18-6(2)12/h7-10H,4H2,1-3H3,(H2,13,14,15)/t7-,8-,9+,10-/m1/s1. The van der Waals surface area contributed by atoms with Gasteiger partial charge >= 0.3 is 19.8 Å². The van der Waals surface area contributed by atoms with Gasteiger partial charge in [0.1, 0.15) is 6.10 Å². The van der Waals surface area contributed by atoms with Crippen molar-refractivity contribution in [3.63, 3.8) is 0 Å². The molecule has 1 rings (SSSR count). The van der Waals surface area contributed by atoms with Crippen molar-refractivity contribution in [3.8, 4) is 0 Å². The lowest BCUT2D eigenvalue weighted by atomic mass is 10.1. The molecule has 21 heavy (non-hydrogen) atoms. The van der Waals surface area contributed by atoms with Gasteiger partial charge in [0.05, 0.1) is 6.61 Å². The van der Waals surface area contributed by atoms with Gasteiger partial charge in [-0.05, 0) is 0 Å². The summed E-state index contributed by atoms with van der Waals surface area (Å²) in [5, 5.41) is 0. The molecular formula is C10H17O10P. The molecule has 0 aromatic carbocycles. The highest BCUT2D eigenvalue weighted by molar-refractivity contribution is 7.46. The fourth-order valence-electron chi connectivity index (χ4n) is 1.86. The van der Waals surface area contributed by atoms with Gasteiger partial charge in [0.15, 0.2) is 12.2 Å². The molecule has 0 unspecified atom stereocenters. The number of carbonyl (C=O) groups is 2. The number of methoxy groups -OCH3 is 1. The van der Waals surface area contributed by atoms with Crippen LogP contribution < -0.4 is 0 Å². The van der Waals surface area contributed by atoms with Gasteiger partial charge in [-0.3, -0.25) is 14.1 Å². The van der Waals surface area contributed by atoms with Crippen LogP contribution in [0.15, 0.2) is 0 Å². The monoisotopic (exact) mass is 328 g/mol. The van der Waals surface area contributed by atoms with Crippen LogP contribution in [0.1, 0.15) is 13.8 Å². The molecule has 2 N–H and O–H groups in total. The van der Waals surface area contributed by atoms with Crippen molar-refractivity contribution in [2.45, 2.75) is 38.4 Å². The molecule has 0 radical (unpaired) electrons. The molecule has 1 fully saturated rings. The van der Waals surface area contributed by atoms with Gasteiger partial charge in [-0.15, -0.1) is 0 Å². The molecule has 122 valence electrons. The van der Waals surface area contributed by atoms with Crippen LogP contribution in [0.25, 0.3) is 0 Å². The summed E-state index contributed by atoms with van der Waals surface area (Å²) < 4.78 is 35.3. The van der Waals surface area contributed by atoms with Gasteiger partial charge in [0.25, 0.3) is 0 Å². The molecule has 0 bridgehead atoms. The van der Waals surface area contributed by atoms with Crippen molar-refractivity contribution >= 4 is 19.8 Å². The Morgan fingerprint density at radius 1 is 1.14 bits per heavy atom. The predicted molar refractivity (Wildman–Crippen MR) is 64.8 cm³/mol. The second-order valence-corrected chi connectivity index (χ2v) is 5.43. The topological polar surface area (TPSA) is 138 Å². The van der Waals surface area contributed by atoms with Crippen LogP contribution in [0.4, 0.5) is 0 Å². The quantitative estimate of drug-likeness (QED) is 0.477. The van der Waals surface area contributed by atoms with E-state index in [0.29, 0.717) is 0 Å². The zero-order valence-corrected chi connectivity index (χ0v) is 12.5. The average molecular weight is 328 g/mol. The Kier molecular flexibility index (Phi) is 6.26. The molecule has 1 aliphatic heterocycles. The Bertz CT molecular complexity index is 432. The van der Waals surface area contributed by atoms with Crippen LogP contribution in [0.2, 0.25) is 0 Å². The van der Waals surface area contributed by atoms with Crippen LogP contribution in [0.5, 0.6) is 0 Å². The van der Waals surface area contributed by atoms with Crippen molar-refractivity contribution in [1.82, 2.24) is 0 Å². The highest BCUT2D eigenvalue weighted by Crippen LogP contribution is 2.42. The minimum atomic E-state index is -4.90. The molecule has 0 amide bonds. The summed E-state index contributed by atoms with van der Waals surface area (Å²) in [4.78, 5) is 39.9. The molecule has 10 nitrogen and oxygen atoms in total. The first-order valence-electron chi connectivity index (χ1n) is 5.87. The Labute approximate surface area is 120 Å². The Morgan fingerprint density at radius 2 is 1.67 bits per heavy atom. The molecule has 0 aromatic heterocycles. The third-order valence-electron chi connectivity index (χ3n) is 2.44. The summed E-state index contributed by atoms with van der Waals surface area (Å²) in [6, 6.07) is 0. The minimum absolute atomic E-state index is 0.0588. The first kappa shape index (κ1) is 18.0. The van der Waals surface area contributed by atoms with Crippen molar-refractivity contribution < 1.29 is 47.4 Å². The van der Waals surface area contributed by atoms with E-state index in [0.717, 1.165) is 13.8 Å². The Morgan fingerprint density at radius 3 is 2.10 bits per heavy atom. The summed E-state index contributed by atoms with van der Waals surface area (Å²) >= 11 is 0. The third-order valence-corrected chi connectivity index (χ3v) is 2.93. The summed E-state index contributed by atoms with van der Waals surface area (Å²) in [7, 11) is -3.55. The van der Waals surface area contributed by atoms with Crippen LogP contribution in [0, 0.1) is 0 Å². The maximum atomic E-state index is 11.1. The minimum Gasteiger partial charge on any atom is -0.455 e. The van der Waals surface area contributed by atoms with Crippen LogP contribution in [-0.4, -0.2) is 60.0 Å². The van der Waals surface area contributed by atoms with E-state index in [2.05, 4.69) is 4.52 Å². The molecule has 1 aliphatic rings. The number of rotatable bonds is 6. The number of esters is 2. The van der Waals surface area contributed by atoms with Gasteiger partial charge in [-0.2, -0.15) is 0 Å². The Balaban J connectivity index is 2.98. The van der Waals surface area contributed by atoms with Crippen LogP contribution in [0.3, 0.4) is 0 Å². The normalized spacial score (nSPS) is 29.2. The van der Waals surface area contributed by atoms with E-state index in [-0.39, 0.29) is 6.61 Å². The number of phosphoric acid groups is 1. The van der Waals surface area contributed by atoms with Crippen molar-refractivity contribution in [2.75, 3.05) is 13.7 Å². The fraction of sp³-hybridized carbons (Fsp3) is 0.800. The lowest BCUT2D eigenvalue weighted by Gasteiger charge is -2.23. The SMILES string of the molecule is COC[C@H]1O[C@H](OP(=O)(O)O)[C@@H](OC(C)=O)[C@@H]1OC(C)=O. The molecular weight excluding hydrogens is 311 g/mol. The van der Waals surface area contributed by atoms with Crippen LogP contribution >= 0.6 is 7.82 Å². The Hall–Kier alpha value is -1.03. The van der Waals surface area contributed by atoms with Crippen LogP contribution in [-0.2, 0) is 37.6 Å². The number of ether oxygens (including phenoxy) is 4. The fourth-order valence-corrected chi connectivity index (χ4v) is 2.30. The van der Waals surface area contributed by atoms with Gasteiger partial charge in [-0.1, -0.05) is 0 Å². The van der Waals surface area contributed by atoms with Crippen molar-refractivity contribution in [2.24, 2.45) is 0 Å². The second kappa shape index (κ2) is 7.30. The van der Waals surface area contributed by atoms with E-state index < -0.39 is 44.4 Å². The predicted octanol–water partition coefficient (Wildman–Crippen LogP) is -0.670. The lowest BCUT2D eigenvalue weighted by Crippen LogP contribution is -2.41. The first-order chi connectivity index (χ1) is 9.64. The van der Waals surface area contributed by atoms with E-state index >= 15 is 0 Å². The van der Waals surface area contributed by atoms with E-state index in [1.165, 1.54) is 7.11 Å². The number of carbonyl (C=O) groups excluding carboxylic acids is 2. The number of hydrogen-bond acceptors (Lipinski definition) is 8. The average Bonchev–Trinajstić information content (AvgIpc) is 2.55. The van der Waals surface area contributed by atoms with E-state index in [4.69, 9.17) is 28.7 Å². The summed E-state index contributed by atoms with van der Waals surface area (Å²) in [5.74, 6) is -1.43. The molecule has 0 saturated carbocycles. The molecule has 0 spiro atoms. The van der Waals surface area contributed by atoms with Gasteiger partial charge in [0.2, 0.25) is 6.29 Å². The summed E-state index contributed by atoms with van der Waals surface area (Å²) in [6.45, 7) is 2.16. The van der Waals surface area contributed by atoms with Gasteiger partial charge < -0.3 is 28.7 Å². The second-order valence-electron chi connectivity index (χ2n) is 4.24. The molecule has 1 saturated heterocycles. The maximum Gasteiger partial charge on any atom is 0.472 e. The van der Waals surface area contributed by atoms with Crippen molar-refractivity contribution in [1.29, 1.82) is 0 Å². The summed E-state index contributed by atoms with van der Waals surface area (Å²) in [5.41, 5.74) is 0. The molecule has 0 aliphatic carbocycles. The first-order valence-corrected chi connectivity index (χ1v) is 7.40. The van der Waals surface area contributed by atoms with E-state index in [1.807, 2.05) is 0 Å². The maximum absolute atomic E-state index is 11.1. The zero-order chi connectivity index (χ0) is 16.2. The van der Waals surface area contributed by atoms with Gasteiger partial charge in [0, 0.05) is 21.0 Å². The highest BCUT2D eigenvalue weighted by Gasteiger charge is 2.51. The number of hydrogen-bond donors (Lipinski definition) is 2. The highest BCUT2D eigenvalue weighted by atomic mass is 31.2. The third kappa shape index (κ3) is 5.70. The number of phosphoric ester groups is 1. The molecule has 11 heteroatoms. The smallest absolute Gasteiger partial charge is 0.455 e.